The molecule has 0 amide bonds. The van der Waals surface area contributed by atoms with Crippen molar-refractivity contribution in [2.24, 2.45) is 0 Å². The highest BCUT2D eigenvalue weighted by Gasteiger charge is 2.27. The fourth-order valence-electron chi connectivity index (χ4n) is 3.33. The van der Waals surface area contributed by atoms with Crippen LogP contribution in [0.15, 0.2) is 58.2 Å². The van der Waals surface area contributed by atoms with E-state index >= 15 is 0 Å². The minimum absolute atomic E-state index is 0.104. The maximum absolute atomic E-state index is 12.6. The first-order valence-electron chi connectivity index (χ1n) is 9.26. The van der Waals surface area contributed by atoms with Crippen LogP contribution in [0.2, 0.25) is 0 Å². The molecule has 1 aliphatic rings. The molecule has 2 aromatic carbocycles. The van der Waals surface area contributed by atoms with Gasteiger partial charge in [-0.25, -0.2) is 8.42 Å². The summed E-state index contributed by atoms with van der Waals surface area (Å²) in [5.41, 5.74) is -0.355. The Hall–Kier alpha value is -3.06. The lowest BCUT2D eigenvalue weighted by Gasteiger charge is -2.15. The molecule has 3 aromatic rings. The van der Waals surface area contributed by atoms with Crippen LogP contribution in [-0.4, -0.2) is 35.9 Å². The van der Waals surface area contributed by atoms with Gasteiger partial charge in [-0.1, -0.05) is 12.1 Å². The summed E-state index contributed by atoms with van der Waals surface area (Å²) in [5.74, 6) is -0.360. The normalized spacial score (nSPS) is 15.7. The third-order valence-corrected chi connectivity index (χ3v) is 7.90. The zero-order chi connectivity index (χ0) is 21.3. The fourth-order valence-corrected chi connectivity index (χ4v) is 5.84. The number of fused-ring (bicyclic) bond motifs is 1. The highest BCUT2D eigenvalue weighted by molar-refractivity contribution is 7.89. The minimum Gasteiger partial charge on any atom is -0.506 e. The third-order valence-electron chi connectivity index (χ3n) is 4.92. The monoisotopic (exact) mass is 439 g/mol. The second kappa shape index (κ2) is 7.99. The fraction of sp³-hybridized carbons (Fsp3) is 0.190. The second-order valence-corrected chi connectivity index (χ2v) is 9.76. The number of allylic oxidation sites excluding steroid dienone is 1. The van der Waals surface area contributed by atoms with Gasteiger partial charge in [0.15, 0.2) is 0 Å². The van der Waals surface area contributed by atoms with Gasteiger partial charge in [0.2, 0.25) is 10.0 Å². The van der Waals surface area contributed by atoms with Crippen molar-refractivity contribution < 1.29 is 13.5 Å². The molecule has 0 unspecified atom stereocenters. The van der Waals surface area contributed by atoms with E-state index in [0.29, 0.717) is 23.2 Å². The topological polar surface area (TPSA) is 111 Å². The van der Waals surface area contributed by atoms with Crippen molar-refractivity contribution in [2.45, 2.75) is 17.7 Å². The van der Waals surface area contributed by atoms with Crippen LogP contribution in [0, 0.1) is 11.3 Å². The summed E-state index contributed by atoms with van der Waals surface area (Å²) in [6.07, 6.45) is 1.68. The van der Waals surface area contributed by atoms with Crippen LogP contribution < -0.4 is 5.56 Å². The SMILES string of the molecule is N#CC(=C(O)c1ccc(S(=O)(=O)N2CCCC2)cc1)c1nc(=O)c2ccccc2s1. The standard InChI is InChI=1S/C21H17N3O4S2/c22-13-17(21-23-20(26)16-5-1-2-6-18(16)29-21)19(25)14-7-9-15(10-8-14)30(27,28)24-11-3-4-12-24/h1-2,5-10,25H,3-4,11-12H2. The molecule has 1 N–H and O–H groups in total. The van der Waals surface area contributed by atoms with E-state index in [2.05, 4.69) is 4.98 Å². The molecule has 1 fully saturated rings. The molecule has 1 aromatic heterocycles. The lowest BCUT2D eigenvalue weighted by molar-refractivity contribution is 0.477. The Balaban J connectivity index is 1.74. The molecule has 0 saturated carbocycles. The van der Waals surface area contributed by atoms with E-state index in [1.807, 2.05) is 6.07 Å². The van der Waals surface area contributed by atoms with Crippen LogP contribution in [-0.2, 0) is 10.0 Å². The van der Waals surface area contributed by atoms with Crippen LogP contribution in [0.25, 0.3) is 21.4 Å². The van der Waals surface area contributed by atoms with E-state index in [9.17, 15) is 23.6 Å². The third kappa shape index (κ3) is 3.61. The van der Waals surface area contributed by atoms with E-state index in [-0.39, 0.29) is 26.8 Å². The summed E-state index contributed by atoms with van der Waals surface area (Å²) in [7, 11) is -3.57. The summed E-state index contributed by atoms with van der Waals surface area (Å²) in [5, 5.41) is 20.8. The number of nitriles is 1. The highest BCUT2D eigenvalue weighted by atomic mass is 32.2. The Morgan fingerprint density at radius 3 is 2.43 bits per heavy atom. The van der Waals surface area contributed by atoms with E-state index in [4.69, 9.17) is 0 Å². The predicted molar refractivity (Wildman–Crippen MR) is 115 cm³/mol. The van der Waals surface area contributed by atoms with Crippen LogP contribution in [0.5, 0.6) is 0 Å². The first kappa shape index (κ1) is 20.2. The molecule has 0 aliphatic carbocycles. The number of hydrogen-bond donors (Lipinski definition) is 1. The summed E-state index contributed by atoms with van der Waals surface area (Å²) >= 11 is 1.13. The summed E-state index contributed by atoms with van der Waals surface area (Å²) in [6.45, 7) is 1.00. The smallest absolute Gasteiger partial charge is 0.279 e. The molecule has 0 atom stereocenters. The maximum atomic E-state index is 12.6. The molecule has 7 nitrogen and oxygen atoms in total. The second-order valence-electron chi connectivity index (χ2n) is 6.79. The number of aliphatic hydroxyl groups excluding tert-OH is 1. The molecule has 9 heteroatoms. The molecular formula is C21H17N3O4S2. The quantitative estimate of drug-likeness (QED) is 0.493. The van der Waals surface area contributed by atoms with Crippen LogP contribution >= 0.6 is 11.3 Å². The van der Waals surface area contributed by atoms with E-state index in [1.54, 1.807) is 24.3 Å². The first-order chi connectivity index (χ1) is 14.4. The zero-order valence-electron chi connectivity index (χ0n) is 15.8. The molecular weight excluding hydrogens is 422 g/mol. The maximum Gasteiger partial charge on any atom is 0.279 e. The molecule has 0 radical (unpaired) electrons. The van der Waals surface area contributed by atoms with E-state index in [1.165, 1.54) is 28.6 Å². The summed E-state index contributed by atoms with van der Waals surface area (Å²) in [4.78, 5) is 16.4. The molecule has 1 aliphatic heterocycles. The van der Waals surface area contributed by atoms with Gasteiger partial charge in [0.05, 0.1) is 10.3 Å². The van der Waals surface area contributed by atoms with E-state index < -0.39 is 15.6 Å². The summed E-state index contributed by atoms with van der Waals surface area (Å²) in [6, 6.07) is 14.5. The van der Waals surface area contributed by atoms with Crippen LogP contribution in [0.1, 0.15) is 23.4 Å². The van der Waals surface area contributed by atoms with Gasteiger partial charge < -0.3 is 5.11 Å². The number of hydrogen-bond acceptors (Lipinski definition) is 7. The minimum atomic E-state index is -3.57. The van der Waals surface area contributed by atoms with Gasteiger partial charge in [0, 0.05) is 23.4 Å². The molecule has 152 valence electrons. The Labute approximate surface area is 177 Å². The predicted octanol–water partition coefficient (Wildman–Crippen LogP) is 3.39. The molecule has 30 heavy (non-hydrogen) atoms. The van der Waals surface area contributed by atoms with Crippen LogP contribution in [0.3, 0.4) is 0 Å². The number of nitrogens with zero attached hydrogens (tertiary/aromatic N) is 3. The Bertz CT molecular complexity index is 1350. The van der Waals surface area contributed by atoms with Gasteiger partial charge in [-0.2, -0.15) is 14.6 Å². The molecule has 0 spiro atoms. The van der Waals surface area contributed by atoms with Crippen molar-refractivity contribution in [1.82, 2.24) is 9.29 Å². The highest BCUT2D eigenvalue weighted by Crippen LogP contribution is 2.29. The average Bonchev–Trinajstić information content (AvgIpc) is 3.30. The van der Waals surface area contributed by atoms with Crippen molar-refractivity contribution >= 4 is 42.8 Å². The molecule has 4 rings (SSSR count). The van der Waals surface area contributed by atoms with Crippen molar-refractivity contribution in [3.63, 3.8) is 0 Å². The number of rotatable bonds is 4. The number of aromatic nitrogens is 1. The van der Waals surface area contributed by atoms with Crippen molar-refractivity contribution in [2.75, 3.05) is 13.1 Å². The Kier molecular flexibility index (Phi) is 5.39. The van der Waals surface area contributed by atoms with Crippen molar-refractivity contribution in [3.05, 3.63) is 69.5 Å². The molecule has 1 saturated heterocycles. The largest absolute Gasteiger partial charge is 0.506 e. The lowest BCUT2D eigenvalue weighted by Crippen LogP contribution is -2.27. The van der Waals surface area contributed by atoms with Crippen LogP contribution in [0.4, 0.5) is 0 Å². The molecule has 2 heterocycles. The van der Waals surface area contributed by atoms with Crippen molar-refractivity contribution in [3.8, 4) is 6.07 Å². The zero-order valence-corrected chi connectivity index (χ0v) is 17.4. The van der Waals surface area contributed by atoms with Crippen molar-refractivity contribution in [1.29, 1.82) is 5.26 Å². The lowest BCUT2D eigenvalue weighted by atomic mass is 10.1. The summed E-state index contributed by atoms with van der Waals surface area (Å²) < 4.78 is 27.4. The number of sulfonamides is 1. The first-order valence-corrected chi connectivity index (χ1v) is 11.5. The average molecular weight is 440 g/mol. The van der Waals surface area contributed by atoms with Gasteiger partial charge in [0.25, 0.3) is 5.56 Å². The molecule has 0 bridgehead atoms. The number of benzene rings is 2. The van der Waals surface area contributed by atoms with Gasteiger partial charge in [0.1, 0.15) is 22.4 Å². The van der Waals surface area contributed by atoms with Gasteiger partial charge in [-0.15, -0.1) is 11.3 Å². The Morgan fingerprint density at radius 1 is 1.10 bits per heavy atom. The van der Waals surface area contributed by atoms with Gasteiger partial charge in [-0.05, 0) is 49.2 Å². The Morgan fingerprint density at radius 2 is 1.77 bits per heavy atom. The van der Waals surface area contributed by atoms with E-state index in [0.717, 1.165) is 24.2 Å². The van der Waals surface area contributed by atoms with Gasteiger partial charge >= 0.3 is 0 Å². The number of aliphatic hydroxyl groups is 1. The van der Waals surface area contributed by atoms with Gasteiger partial charge in [-0.3, -0.25) is 4.79 Å².